The van der Waals surface area contributed by atoms with Crippen molar-refractivity contribution in [3.63, 3.8) is 0 Å². The highest BCUT2D eigenvalue weighted by atomic mass is 16.7. The van der Waals surface area contributed by atoms with Crippen molar-refractivity contribution in [2.45, 2.75) is 39.1 Å². The van der Waals surface area contributed by atoms with E-state index in [1.165, 1.54) is 6.26 Å². The molecule has 0 aromatic heterocycles. The second kappa shape index (κ2) is 5.90. The van der Waals surface area contributed by atoms with Gasteiger partial charge in [0, 0.05) is 17.0 Å². The molecular weight excluding hydrogens is 384 g/mol. The van der Waals surface area contributed by atoms with Crippen LogP contribution in [0.2, 0.25) is 0 Å². The normalized spacial score (nSPS) is 41.0. The van der Waals surface area contributed by atoms with Gasteiger partial charge in [-0.25, -0.2) is 4.79 Å². The van der Waals surface area contributed by atoms with Crippen molar-refractivity contribution in [2.24, 2.45) is 29.1 Å². The smallest absolute Gasteiger partial charge is 0.338 e. The number of carbonyl (C=O) groups excluding carboxylic acids is 2. The maximum atomic E-state index is 12.6. The molecule has 4 unspecified atom stereocenters. The average molecular weight is 408 g/mol. The summed E-state index contributed by atoms with van der Waals surface area (Å²) in [6.45, 7) is 4.00. The van der Waals surface area contributed by atoms with Gasteiger partial charge in [-0.1, -0.05) is 18.2 Å². The Kier molecular flexibility index (Phi) is 3.55. The van der Waals surface area contributed by atoms with Crippen molar-refractivity contribution in [2.75, 3.05) is 7.11 Å². The summed E-state index contributed by atoms with van der Waals surface area (Å²) in [5.41, 5.74) is 3.18. The molecule has 3 aliphatic carbocycles. The molecule has 1 saturated carbocycles. The Morgan fingerprint density at radius 3 is 2.83 bits per heavy atom. The summed E-state index contributed by atoms with van der Waals surface area (Å²) in [6, 6.07) is 3.95. The Bertz CT molecular complexity index is 1040. The summed E-state index contributed by atoms with van der Waals surface area (Å²) < 4.78 is 22.9. The zero-order chi connectivity index (χ0) is 20.8. The van der Waals surface area contributed by atoms with Crippen molar-refractivity contribution in [1.29, 1.82) is 0 Å². The van der Waals surface area contributed by atoms with Gasteiger partial charge in [0.1, 0.15) is 11.9 Å². The van der Waals surface area contributed by atoms with E-state index in [1.807, 2.05) is 26.0 Å². The molecule has 2 saturated heterocycles. The largest absolute Gasteiger partial charge is 0.496 e. The Hall–Kier alpha value is -2.76. The number of carbonyl (C=O) groups is 2. The monoisotopic (exact) mass is 408 g/mol. The molecule has 6 heteroatoms. The van der Waals surface area contributed by atoms with E-state index in [0.29, 0.717) is 12.0 Å². The van der Waals surface area contributed by atoms with E-state index < -0.39 is 11.7 Å². The van der Waals surface area contributed by atoms with Crippen LogP contribution in [0.4, 0.5) is 0 Å². The van der Waals surface area contributed by atoms with E-state index in [1.54, 1.807) is 7.11 Å². The molecule has 6 nitrogen and oxygen atoms in total. The van der Waals surface area contributed by atoms with E-state index in [4.69, 9.17) is 18.9 Å². The zero-order valence-corrected chi connectivity index (χ0v) is 17.2. The van der Waals surface area contributed by atoms with E-state index in [9.17, 15) is 9.59 Å². The molecule has 1 aromatic rings. The van der Waals surface area contributed by atoms with E-state index >= 15 is 0 Å². The van der Waals surface area contributed by atoms with Gasteiger partial charge in [0.25, 0.3) is 0 Å². The zero-order valence-electron chi connectivity index (χ0n) is 17.2. The molecule has 0 amide bonds. The highest BCUT2D eigenvalue weighted by Crippen LogP contribution is 2.61. The van der Waals surface area contributed by atoms with Gasteiger partial charge in [-0.3, -0.25) is 4.79 Å². The van der Waals surface area contributed by atoms with Crippen LogP contribution in [-0.2, 0) is 30.2 Å². The van der Waals surface area contributed by atoms with Crippen LogP contribution in [0.1, 0.15) is 36.1 Å². The van der Waals surface area contributed by atoms with Gasteiger partial charge in [0.2, 0.25) is 6.29 Å². The lowest BCUT2D eigenvalue weighted by Crippen LogP contribution is -2.35. The number of allylic oxidation sites excluding steroid dienone is 2. The molecule has 30 heavy (non-hydrogen) atoms. The van der Waals surface area contributed by atoms with E-state index in [0.717, 1.165) is 28.9 Å². The number of esters is 2. The lowest BCUT2D eigenvalue weighted by atomic mass is 9.71. The molecule has 0 spiro atoms. The second-order valence-corrected chi connectivity index (χ2v) is 9.30. The third-order valence-electron chi connectivity index (χ3n) is 8.02. The summed E-state index contributed by atoms with van der Waals surface area (Å²) in [7, 11) is 1.65. The standard InChI is InChI=1S/C24H24O6/c1-11-4-7-17(27-3)15-9-14-16(21(25)29-20(14)18(11)15)10-28-22-19-12-5-6-13(8-12)24(19,2)23(26)30-22/h4-7,10,12-14,19-20,22H,8-9H2,1-3H3/t12-,13+,14?,19?,20?,22?,24+/m1/s1. The molecule has 6 rings (SSSR count). The van der Waals surface area contributed by atoms with Crippen LogP contribution < -0.4 is 4.74 Å². The maximum absolute atomic E-state index is 12.6. The highest BCUT2D eigenvalue weighted by molar-refractivity contribution is 5.92. The predicted molar refractivity (Wildman–Crippen MR) is 105 cm³/mol. The summed E-state index contributed by atoms with van der Waals surface area (Å²) in [5, 5.41) is 0. The van der Waals surface area contributed by atoms with Crippen LogP contribution in [0, 0.1) is 36.0 Å². The number of hydrogen-bond acceptors (Lipinski definition) is 6. The Morgan fingerprint density at radius 1 is 1.20 bits per heavy atom. The lowest BCUT2D eigenvalue weighted by molar-refractivity contribution is -0.161. The van der Waals surface area contributed by atoms with Gasteiger partial charge in [0.05, 0.1) is 30.3 Å². The minimum atomic E-state index is -0.665. The molecule has 5 aliphatic rings. The molecule has 0 radical (unpaired) electrons. The number of ether oxygens (including phenoxy) is 4. The topological polar surface area (TPSA) is 71.1 Å². The van der Waals surface area contributed by atoms with Crippen LogP contribution in [-0.4, -0.2) is 25.3 Å². The summed E-state index contributed by atoms with van der Waals surface area (Å²) in [6.07, 6.45) is 6.43. The number of benzene rings is 1. The summed E-state index contributed by atoms with van der Waals surface area (Å²) in [5.74, 6) is 0.600. The van der Waals surface area contributed by atoms with Crippen LogP contribution in [0.15, 0.2) is 36.1 Å². The first-order chi connectivity index (χ1) is 14.4. The third kappa shape index (κ3) is 2.09. The first-order valence-electron chi connectivity index (χ1n) is 10.6. The van der Waals surface area contributed by atoms with Gasteiger partial charge in [-0.2, -0.15) is 0 Å². The minimum absolute atomic E-state index is 0.0202. The maximum Gasteiger partial charge on any atom is 0.338 e. The molecule has 156 valence electrons. The molecule has 7 atom stereocenters. The van der Waals surface area contributed by atoms with Crippen LogP contribution in [0.25, 0.3) is 0 Å². The molecular formula is C24H24O6. The van der Waals surface area contributed by atoms with Gasteiger partial charge in [0.15, 0.2) is 0 Å². The lowest BCUT2D eigenvalue weighted by Gasteiger charge is -2.28. The minimum Gasteiger partial charge on any atom is -0.496 e. The Balaban J connectivity index is 1.29. The molecule has 2 heterocycles. The van der Waals surface area contributed by atoms with Crippen LogP contribution >= 0.6 is 0 Å². The van der Waals surface area contributed by atoms with Gasteiger partial charge in [-0.15, -0.1) is 0 Å². The first kappa shape index (κ1) is 18.0. The van der Waals surface area contributed by atoms with Crippen molar-refractivity contribution in [3.8, 4) is 5.75 Å². The van der Waals surface area contributed by atoms with Gasteiger partial charge < -0.3 is 18.9 Å². The Morgan fingerprint density at radius 2 is 2.03 bits per heavy atom. The van der Waals surface area contributed by atoms with Crippen molar-refractivity contribution < 1.29 is 28.5 Å². The summed E-state index contributed by atoms with van der Waals surface area (Å²) >= 11 is 0. The fourth-order valence-corrected chi connectivity index (χ4v) is 6.43. The number of aryl methyl sites for hydroxylation is 1. The molecule has 3 fully saturated rings. The number of fused-ring (bicyclic) bond motifs is 8. The number of methoxy groups -OCH3 is 1. The third-order valence-corrected chi connectivity index (χ3v) is 8.02. The molecule has 2 bridgehead atoms. The van der Waals surface area contributed by atoms with Crippen LogP contribution in [0.5, 0.6) is 5.75 Å². The van der Waals surface area contributed by atoms with E-state index in [-0.39, 0.29) is 41.7 Å². The summed E-state index contributed by atoms with van der Waals surface area (Å²) in [4.78, 5) is 25.2. The number of cyclic esters (lactones) is 1. The van der Waals surface area contributed by atoms with Gasteiger partial charge in [-0.05, 0) is 50.2 Å². The molecule has 1 aromatic carbocycles. The van der Waals surface area contributed by atoms with E-state index in [2.05, 4.69) is 12.2 Å². The molecule has 0 N–H and O–H groups in total. The van der Waals surface area contributed by atoms with Crippen molar-refractivity contribution in [3.05, 3.63) is 52.8 Å². The SMILES string of the molecule is COc1ccc(C)c2c1CC1C(=COC3OC(=O)[C@]4(C)C3[C@@H]3C=C[C@H]4C3)C(=O)OC21. The Labute approximate surface area is 174 Å². The number of rotatable bonds is 3. The molecule has 2 aliphatic heterocycles. The van der Waals surface area contributed by atoms with Crippen molar-refractivity contribution in [1.82, 2.24) is 0 Å². The van der Waals surface area contributed by atoms with Gasteiger partial charge >= 0.3 is 11.9 Å². The number of hydrogen-bond donors (Lipinski definition) is 0. The van der Waals surface area contributed by atoms with Crippen LogP contribution in [0.3, 0.4) is 0 Å². The highest BCUT2D eigenvalue weighted by Gasteiger charge is 2.67. The average Bonchev–Trinajstić information content (AvgIpc) is 3.48. The second-order valence-electron chi connectivity index (χ2n) is 9.30. The van der Waals surface area contributed by atoms with Crippen molar-refractivity contribution >= 4 is 11.9 Å². The quantitative estimate of drug-likeness (QED) is 0.331. The first-order valence-corrected chi connectivity index (χ1v) is 10.6. The predicted octanol–water partition coefficient (Wildman–Crippen LogP) is 3.39. The fourth-order valence-electron chi connectivity index (χ4n) is 6.43. The fraction of sp³-hybridized carbons (Fsp3) is 0.500.